The Hall–Kier alpha value is -0.860. The van der Waals surface area contributed by atoms with Crippen LogP contribution < -0.4 is 0 Å². The molecule has 0 spiro atoms. The van der Waals surface area contributed by atoms with Gasteiger partial charge in [-0.3, -0.25) is 0 Å². The van der Waals surface area contributed by atoms with Crippen LogP contribution in [0.1, 0.15) is 37.8 Å². The highest BCUT2D eigenvalue weighted by Crippen LogP contribution is 2.22. The first-order valence-electron chi connectivity index (χ1n) is 4.91. The fourth-order valence-electron chi connectivity index (χ4n) is 1.32. The van der Waals surface area contributed by atoms with Gasteiger partial charge in [0.1, 0.15) is 5.60 Å². The maximum Gasteiger partial charge on any atom is 0.110 e. The first-order chi connectivity index (χ1) is 6.47. The molecule has 2 N–H and O–H groups in total. The maximum atomic E-state index is 9.77. The van der Waals surface area contributed by atoms with Gasteiger partial charge >= 0.3 is 0 Å². The first kappa shape index (κ1) is 11.2. The van der Waals surface area contributed by atoms with Gasteiger partial charge in [0, 0.05) is 0 Å². The summed E-state index contributed by atoms with van der Waals surface area (Å²) in [5.74, 6) is 0.489. The molecular weight excluding hydrogens is 176 g/mol. The minimum absolute atomic E-state index is 0.256. The van der Waals surface area contributed by atoms with Crippen LogP contribution in [0.5, 0.6) is 0 Å². The van der Waals surface area contributed by atoms with Gasteiger partial charge in [0.15, 0.2) is 0 Å². The molecule has 0 fully saturated rings. The number of benzene rings is 1. The van der Waals surface area contributed by atoms with Gasteiger partial charge in [0.05, 0.1) is 6.61 Å². The predicted molar refractivity (Wildman–Crippen MR) is 57.2 cm³/mol. The smallest absolute Gasteiger partial charge is 0.110 e. The summed E-state index contributed by atoms with van der Waals surface area (Å²) in [6.07, 6.45) is 0. The minimum Gasteiger partial charge on any atom is -0.393 e. The average molecular weight is 194 g/mol. The van der Waals surface area contributed by atoms with Crippen LogP contribution in [0.4, 0.5) is 0 Å². The fraction of sp³-hybridized carbons (Fsp3) is 0.500. The van der Waals surface area contributed by atoms with E-state index in [9.17, 15) is 5.11 Å². The van der Waals surface area contributed by atoms with E-state index < -0.39 is 5.60 Å². The molecule has 0 radical (unpaired) electrons. The van der Waals surface area contributed by atoms with Crippen molar-refractivity contribution in [2.45, 2.75) is 32.3 Å². The van der Waals surface area contributed by atoms with Gasteiger partial charge in [0.25, 0.3) is 0 Å². The molecular formula is C12H18O2. The molecule has 1 aromatic rings. The lowest BCUT2D eigenvalue weighted by Gasteiger charge is -2.21. The van der Waals surface area contributed by atoms with Crippen molar-refractivity contribution in [2.24, 2.45) is 0 Å². The van der Waals surface area contributed by atoms with Gasteiger partial charge in [0.2, 0.25) is 0 Å². The largest absolute Gasteiger partial charge is 0.393 e. The lowest BCUT2D eigenvalue weighted by molar-refractivity contribution is -0.00229. The van der Waals surface area contributed by atoms with E-state index in [1.165, 1.54) is 5.56 Å². The maximum absolute atomic E-state index is 9.77. The quantitative estimate of drug-likeness (QED) is 0.772. The van der Waals surface area contributed by atoms with Gasteiger partial charge in [-0.2, -0.15) is 0 Å². The molecule has 0 aliphatic carbocycles. The van der Waals surface area contributed by atoms with Crippen LogP contribution in [-0.4, -0.2) is 16.8 Å². The molecule has 0 saturated heterocycles. The summed E-state index contributed by atoms with van der Waals surface area (Å²) >= 11 is 0. The standard InChI is InChI=1S/C12H18O2/c1-9(2)10-4-6-11(7-5-10)12(3,14)8-13/h4-7,9,13-14H,8H2,1-3H3/t12-/m0/s1. The van der Waals surface area contributed by atoms with Crippen molar-refractivity contribution < 1.29 is 10.2 Å². The van der Waals surface area contributed by atoms with Crippen molar-refractivity contribution in [1.29, 1.82) is 0 Å². The molecule has 78 valence electrons. The summed E-state index contributed by atoms with van der Waals surface area (Å²) in [4.78, 5) is 0. The molecule has 0 amide bonds. The second kappa shape index (κ2) is 4.11. The molecule has 1 atom stereocenters. The van der Waals surface area contributed by atoms with Crippen LogP contribution in [0.15, 0.2) is 24.3 Å². The van der Waals surface area contributed by atoms with E-state index in [-0.39, 0.29) is 6.61 Å². The molecule has 0 bridgehead atoms. The summed E-state index contributed by atoms with van der Waals surface area (Å²) in [5, 5.41) is 18.7. The Morgan fingerprint density at radius 1 is 1.21 bits per heavy atom. The molecule has 0 saturated carbocycles. The van der Waals surface area contributed by atoms with Crippen molar-refractivity contribution in [1.82, 2.24) is 0 Å². The summed E-state index contributed by atoms with van der Waals surface area (Å²) in [7, 11) is 0. The summed E-state index contributed by atoms with van der Waals surface area (Å²) in [6.45, 7) is 5.60. The number of aliphatic hydroxyl groups is 2. The van der Waals surface area contributed by atoms with Crippen molar-refractivity contribution in [3.8, 4) is 0 Å². The highest BCUT2D eigenvalue weighted by Gasteiger charge is 2.21. The van der Waals surface area contributed by atoms with Crippen LogP contribution in [0.25, 0.3) is 0 Å². The zero-order valence-corrected chi connectivity index (χ0v) is 8.99. The Morgan fingerprint density at radius 2 is 1.71 bits per heavy atom. The van der Waals surface area contributed by atoms with Gasteiger partial charge in [-0.1, -0.05) is 38.1 Å². The van der Waals surface area contributed by atoms with Crippen molar-refractivity contribution >= 4 is 0 Å². The van der Waals surface area contributed by atoms with Crippen LogP contribution in [-0.2, 0) is 5.60 Å². The molecule has 0 aliphatic heterocycles. The topological polar surface area (TPSA) is 40.5 Å². The number of hydrogen-bond donors (Lipinski definition) is 2. The molecule has 2 heteroatoms. The number of rotatable bonds is 3. The highest BCUT2D eigenvalue weighted by molar-refractivity contribution is 5.28. The number of hydrogen-bond acceptors (Lipinski definition) is 2. The van der Waals surface area contributed by atoms with Gasteiger partial charge in [-0.25, -0.2) is 0 Å². The third kappa shape index (κ3) is 2.34. The second-order valence-corrected chi connectivity index (χ2v) is 4.21. The predicted octanol–water partition coefficient (Wildman–Crippen LogP) is 2.01. The zero-order chi connectivity index (χ0) is 10.8. The van der Waals surface area contributed by atoms with Crippen molar-refractivity contribution in [3.63, 3.8) is 0 Å². The third-order valence-electron chi connectivity index (χ3n) is 2.51. The SMILES string of the molecule is CC(C)c1ccc([C@@](C)(O)CO)cc1. The van der Waals surface area contributed by atoms with Gasteiger partial charge in [-0.05, 0) is 24.0 Å². The van der Waals surface area contributed by atoms with Gasteiger partial charge < -0.3 is 10.2 Å². The van der Waals surface area contributed by atoms with E-state index in [0.717, 1.165) is 5.56 Å². The normalized spacial score (nSPS) is 15.6. The van der Waals surface area contributed by atoms with E-state index in [2.05, 4.69) is 13.8 Å². The van der Waals surface area contributed by atoms with Crippen LogP contribution >= 0.6 is 0 Å². The Labute approximate surface area is 85.2 Å². The Morgan fingerprint density at radius 3 is 2.07 bits per heavy atom. The van der Waals surface area contributed by atoms with Gasteiger partial charge in [-0.15, -0.1) is 0 Å². The molecule has 2 nitrogen and oxygen atoms in total. The number of aliphatic hydroxyl groups excluding tert-OH is 1. The molecule has 14 heavy (non-hydrogen) atoms. The third-order valence-corrected chi connectivity index (χ3v) is 2.51. The van der Waals surface area contributed by atoms with Crippen molar-refractivity contribution in [2.75, 3.05) is 6.61 Å². The zero-order valence-electron chi connectivity index (χ0n) is 8.99. The molecule has 1 rings (SSSR count). The molecule has 0 aromatic heterocycles. The average Bonchev–Trinajstić information content (AvgIpc) is 2.18. The van der Waals surface area contributed by atoms with Crippen LogP contribution in [0.2, 0.25) is 0 Å². The Bertz CT molecular complexity index is 286. The molecule has 0 unspecified atom stereocenters. The monoisotopic (exact) mass is 194 g/mol. The minimum atomic E-state index is -1.13. The van der Waals surface area contributed by atoms with Crippen LogP contribution in [0, 0.1) is 0 Å². The van der Waals surface area contributed by atoms with E-state index in [4.69, 9.17) is 5.11 Å². The van der Waals surface area contributed by atoms with E-state index >= 15 is 0 Å². The summed E-state index contributed by atoms with van der Waals surface area (Å²) in [6, 6.07) is 7.71. The van der Waals surface area contributed by atoms with E-state index in [1.807, 2.05) is 24.3 Å². The highest BCUT2D eigenvalue weighted by atomic mass is 16.3. The fourth-order valence-corrected chi connectivity index (χ4v) is 1.32. The van der Waals surface area contributed by atoms with E-state index in [0.29, 0.717) is 5.92 Å². The van der Waals surface area contributed by atoms with E-state index in [1.54, 1.807) is 6.92 Å². The molecule has 0 aliphatic rings. The lowest BCUT2D eigenvalue weighted by atomic mass is 9.94. The van der Waals surface area contributed by atoms with Crippen molar-refractivity contribution in [3.05, 3.63) is 35.4 Å². The summed E-state index contributed by atoms with van der Waals surface area (Å²) < 4.78 is 0. The Kier molecular flexibility index (Phi) is 3.29. The Balaban J connectivity index is 2.94. The lowest BCUT2D eigenvalue weighted by Crippen LogP contribution is -2.25. The first-order valence-corrected chi connectivity index (χ1v) is 4.91. The molecule has 0 heterocycles. The summed E-state index contributed by atoms with van der Waals surface area (Å²) in [5.41, 5.74) is 0.863. The molecule has 1 aromatic carbocycles. The second-order valence-electron chi connectivity index (χ2n) is 4.21. The van der Waals surface area contributed by atoms with Crippen LogP contribution in [0.3, 0.4) is 0 Å².